The maximum Gasteiger partial charge on any atom is 0.244 e. The van der Waals surface area contributed by atoms with E-state index in [0.717, 1.165) is 46.9 Å². The fourth-order valence-corrected chi connectivity index (χ4v) is 4.49. The van der Waals surface area contributed by atoms with E-state index in [1.54, 1.807) is 7.11 Å². The van der Waals surface area contributed by atoms with E-state index >= 15 is 0 Å². The first-order chi connectivity index (χ1) is 17.5. The minimum absolute atomic E-state index is 0.0549. The first-order valence-corrected chi connectivity index (χ1v) is 12.3. The zero-order chi connectivity index (χ0) is 25.1. The second-order valence-corrected chi connectivity index (χ2v) is 9.15. The van der Waals surface area contributed by atoms with Crippen molar-refractivity contribution in [1.82, 2.24) is 29.6 Å². The average Bonchev–Trinajstić information content (AvgIpc) is 3.34. The Bertz CT molecular complexity index is 1320. The highest BCUT2D eigenvalue weighted by Gasteiger charge is 2.24. The highest BCUT2D eigenvalue weighted by Crippen LogP contribution is 2.27. The zero-order valence-electron chi connectivity index (χ0n) is 21.0. The number of methoxy groups -OCH3 is 1. The second-order valence-electron chi connectivity index (χ2n) is 9.15. The highest BCUT2D eigenvalue weighted by atomic mass is 16.5. The number of nitrogens with zero attached hydrogens (tertiary/aromatic N) is 7. The van der Waals surface area contributed by atoms with Gasteiger partial charge in [-0.05, 0) is 55.5 Å². The monoisotopic (exact) mass is 485 g/mol. The predicted octanol–water partition coefficient (Wildman–Crippen LogP) is 3.44. The van der Waals surface area contributed by atoms with Gasteiger partial charge in [0.25, 0.3) is 0 Å². The number of aromatic nitrogens is 5. The summed E-state index contributed by atoms with van der Waals surface area (Å²) in [6, 6.07) is 5.92. The van der Waals surface area contributed by atoms with E-state index in [0.29, 0.717) is 32.1 Å². The largest absolute Gasteiger partial charge is 0.481 e. The molecule has 0 radical (unpaired) electrons. The standard InChI is InChI=1S/C27H31N7O2/c1-19-13-22(28-16-20(19)2)23-14-24(21-7-5-4-6-8-21)34(31-23)17-27(35)33-11-9-32(10-12-33)25-15-26(36-3)30-18-29-25/h5,7-8,13-16,18H,4,6,9-12,17H2,1-3H3. The molecule has 4 heterocycles. The molecular formula is C27H31N7O2. The number of aryl methyl sites for hydroxylation is 2. The number of carbonyl (C=O) groups is 1. The Balaban J connectivity index is 1.33. The molecule has 3 aromatic rings. The van der Waals surface area contributed by atoms with Crippen LogP contribution in [0.4, 0.5) is 5.82 Å². The molecule has 1 saturated heterocycles. The lowest BCUT2D eigenvalue weighted by Gasteiger charge is -2.35. The molecule has 2 aliphatic rings. The number of pyridine rings is 1. The summed E-state index contributed by atoms with van der Waals surface area (Å²) >= 11 is 0. The van der Waals surface area contributed by atoms with Gasteiger partial charge >= 0.3 is 0 Å². The van der Waals surface area contributed by atoms with E-state index < -0.39 is 0 Å². The molecule has 5 rings (SSSR count). The quantitative estimate of drug-likeness (QED) is 0.528. The Morgan fingerprint density at radius 2 is 1.81 bits per heavy atom. The van der Waals surface area contributed by atoms with Crippen LogP contribution >= 0.6 is 0 Å². The van der Waals surface area contributed by atoms with Crippen LogP contribution < -0.4 is 9.64 Å². The Morgan fingerprint density at radius 1 is 0.972 bits per heavy atom. The summed E-state index contributed by atoms with van der Waals surface area (Å²) in [7, 11) is 1.59. The molecule has 0 aromatic carbocycles. The molecule has 1 aliphatic heterocycles. The van der Waals surface area contributed by atoms with Crippen LogP contribution in [0.2, 0.25) is 0 Å². The van der Waals surface area contributed by atoms with Gasteiger partial charge < -0.3 is 14.5 Å². The van der Waals surface area contributed by atoms with Crippen LogP contribution in [0.1, 0.15) is 29.7 Å². The van der Waals surface area contributed by atoms with Crippen molar-refractivity contribution >= 4 is 17.3 Å². The van der Waals surface area contributed by atoms with Gasteiger partial charge in [-0.1, -0.05) is 18.2 Å². The summed E-state index contributed by atoms with van der Waals surface area (Å²) in [6.45, 7) is 6.95. The first-order valence-electron chi connectivity index (χ1n) is 12.3. The van der Waals surface area contributed by atoms with E-state index in [4.69, 9.17) is 9.84 Å². The molecule has 0 unspecified atom stereocenters. The van der Waals surface area contributed by atoms with E-state index in [9.17, 15) is 4.79 Å². The molecule has 0 atom stereocenters. The minimum atomic E-state index is 0.0549. The third kappa shape index (κ3) is 5.00. The lowest BCUT2D eigenvalue weighted by atomic mass is 10.0. The number of anilines is 1. The van der Waals surface area contributed by atoms with Crippen LogP contribution in [0.5, 0.6) is 5.88 Å². The molecule has 0 N–H and O–H groups in total. The highest BCUT2D eigenvalue weighted by molar-refractivity contribution is 5.79. The van der Waals surface area contributed by atoms with Gasteiger partial charge in [-0.3, -0.25) is 14.5 Å². The number of carbonyl (C=O) groups excluding carboxylic acids is 1. The third-order valence-corrected chi connectivity index (χ3v) is 6.78. The van der Waals surface area contributed by atoms with Gasteiger partial charge in [-0.15, -0.1) is 0 Å². The van der Waals surface area contributed by atoms with Crippen molar-refractivity contribution in [3.63, 3.8) is 0 Å². The summed E-state index contributed by atoms with van der Waals surface area (Å²) < 4.78 is 7.04. The SMILES string of the molecule is COc1cc(N2CCN(C(=O)Cn3nc(-c4cc(C)c(C)cn4)cc3C3=CCCC=C3)CC2)ncn1. The Labute approximate surface area is 211 Å². The fraction of sp³-hybridized carbons (Fsp3) is 0.370. The molecule has 186 valence electrons. The van der Waals surface area contributed by atoms with Gasteiger partial charge in [-0.25, -0.2) is 9.97 Å². The van der Waals surface area contributed by atoms with Crippen molar-refractivity contribution < 1.29 is 9.53 Å². The van der Waals surface area contributed by atoms with Crippen molar-refractivity contribution in [2.24, 2.45) is 0 Å². The molecule has 0 bridgehead atoms. The van der Waals surface area contributed by atoms with Crippen LogP contribution in [0, 0.1) is 13.8 Å². The number of hydrogen-bond acceptors (Lipinski definition) is 7. The number of ether oxygens (including phenoxy) is 1. The zero-order valence-corrected chi connectivity index (χ0v) is 21.0. The summed E-state index contributed by atoms with van der Waals surface area (Å²) in [4.78, 5) is 30.4. The summed E-state index contributed by atoms with van der Waals surface area (Å²) in [5.41, 5.74) is 5.96. The number of hydrogen-bond donors (Lipinski definition) is 0. The lowest BCUT2D eigenvalue weighted by Crippen LogP contribution is -2.50. The first kappa shape index (κ1) is 23.7. The molecule has 1 amide bonds. The molecule has 1 aliphatic carbocycles. The van der Waals surface area contributed by atoms with Crippen molar-refractivity contribution in [3.8, 4) is 17.3 Å². The van der Waals surface area contributed by atoms with Gasteiger partial charge in [0.15, 0.2) is 0 Å². The molecule has 3 aromatic heterocycles. The molecule has 9 nitrogen and oxygen atoms in total. The maximum absolute atomic E-state index is 13.3. The predicted molar refractivity (Wildman–Crippen MR) is 139 cm³/mol. The number of allylic oxidation sites excluding steroid dienone is 4. The fourth-order valence-electron chi connectivity index (χ4n) is 4.49. The topological polar surface area (TPSA) is 89.3 Å². The summed E-state index contributed by atoms with van der Waals surface area (Å²) in [5.74, 6) is 1.40. The van der Waals surface area contributed by atoms with Gasteiger partial charge in [0, 0.05) is 38.4 Å². The van der Waals surface area contributed by atoms with Gasteiger partial charge in [0.1, 0.15) is 24.4 Å². The van der Waals surface area contributed by atoms with Crippen LogP contribution in [-0.2, 0) is 11.3 Å². The van der Waals surface area contributed by atoms with E-state index in [1.807, 2.05) is 34.8 Å². The number of rotatable bonds is 6. The molecule has 0 saturated carbocycles. The molecule has 9 heteroatoms. The van der Waals surface area contributed by atoms with Gasteiger partial charge in [0.2, 0.25) is 11.8 Å². The van der Waals surface area contributed by atoms with Crippen molar-refractivity contribution in [3.05, 3.63) is 65.8 Å². The number of amides is 1. The molecule has 0 spiro atoms. The Kier molecular flexibility index (Phi) is 6.79. The minimum Gasteiger partial charge on any atom is -0.481 e. The normalized spacial score (nSPS) is 15.7. The van der Waals surface area contributed by atoms with E-state index in [1.165, 1.54) is 11.9 Å². The Hall–Kier alpha value is -4.01. The lowest BCUT2D eigenvalue weighted by molar-refractivity contribution is -0.132. The van der Waals surface area contributed by atoms with Crippen molar-refractivity contribution in [2.45, 2.75) is 33.2 Å². The van der Waals surface area contributed by atoms with Crippen molar-refractivity contribution in [1.29, 1.82) is 0 Å². The third-order valence-electron chi connectivity index (χ3n) is 6.78. The molecular weight excluding hydrogens is 454 g/mol. The van der Waals surface area contributed by atoms with Crippen LogP contribution in [0.3, 0.4) is 0 Å². The number of piperazine rings is 1. The van der Waals surface area contributed by atoms with Crippen LogP contribution in [-0.4, -0.2) is 68.8 Å². The molecule has 1 fully saturated rings. The van der Waals surface area contributed by atoms with Gasteiger partial charge in [-0.2, -0.15) is 5.10 Å². The maximum atomic E-state index is 13.3. The van der Waals surface area contributed by atoms with Crippen LogP contribution in [0.25, 0.3) is 17.0 Å². The summed E-state index contributed by atoms with van der Waals surface area (Å²) in [5, 5.41) is 4.83. The Morgan fingerprint density at radius 3 is 2.53 bits per heavy atom. The van der Waals surface area contributed by atoms with E-state index in [-0.39, 0.29) is 12.5 Å². The van der Waals surface area contributed by atoms with Crippen molar-refractivity contribution in [2.75, 3.05) is 38.2 Å². The van der Waals surface area contributed by atoms with Gasteiger partial charge in [0.05, 0.1) is 18.5 Å². The second kappa shape index (κ2) is 10.3. The summed E-state index contributed by atoms with van der Waals surface area (Å²) in [6.07, 6.45) is 11.9. The van der Waals surface area contributed by atoms with Crippen LogP contribution in [0.15, 0.2) is 49.0 Å². The smallest absolute Gasteiger partial charge is 0.244 e. The average molecular weight is 486 g/mol. The van der Waals surface area contributed by atoms with E-state index in [2.05, 4.69) is 51.1 Å². The molecule has 36 heavy (non-hydrogen) atoms.